The van der Waals surface area contributed by atoms with Gasteiger partial charge in [0.25, 0.3) is 5.91 Å². The number of hydrogen-bond acceptors (Lipinski definition) is 3. The number of hydrogen-bond donors (Lipinski definition) is 2. The third-order valence-electron chi connectivity index (χ3n) is 2.72. The Morgan fingerprint density at radius 3 is 2.68 bits per heavy atom. The zero-order valence-electron chi connectivity index (χ0n) is 10.7. The largest absolute Gasteiger partial charge is 0.483 e. The molecular formula is C14H17ClN2O2. The van der Waals surface area contributed by atoms with Crippen molar-refractivity contribution in [2.45, 2.75) is 6.54 Å². The van der Waals surface area contributed by atoms with Crippen LogP contribution in [0.3, 0.4) is 0 Å². The minimum absolute atomic E-state index is 0. The van der Waals surface area contributed by atoms with Crippen molar-refractivity contribution in [1.29, 1.82) is 0 Å². The van der Waals surface area contributed by atoms with Crippen molar-refractivity contribution in [3.63, 3.8) is 0 Å². The molecule has 0 aliphatic carbocycles. The molecule has 0 bridgehead atoms. The summed E-state index contributed by atoms with van der Waals surface area (Å²) in [5, 5.41) is 5.37. The number of amides is 1. The van der Waals surface area contributed by atoms with Crippen LogP contribution in [0.5, 0.6) is 5.75 Å². The van der Waals surface area contributed by atoms with Crippen LogP contribution in [-0.2, 0) is 11.3 Å². The van der Waals surface area contributed by atoms with Crippen molar-refractivity contribution >= 4 is 29.1 Å². The Bertz CT molecular complexity index is 572. The van der Waals surface area contributed by atoms with E-state index in [0.29, 0.717) is 12.3 Å². The van der Waals surface area contributed by atoms with Crippen LogP contribution < -0.4 is 15.8 Å². The van der Waals surface area contributed by atoms with Crippen molar-refractivity contribution in [3.05, 3.63) is 42.0 Å². The Labute approximate surface area is 118 Å². The molecule has 0 atom stereocenters. The summed E-state index contributed by atoms with van der Waals surface area (Å²) >= 11 is 0. The molecule has 0 unspecified atom stereocenters. The van der Waals surface area contributed by atoms with Crippen molar-refractivity contribution in [2.24, 2.45) is 5.73 Å². The monoisotopic (exact) mass is 280 g/mol. The molecule has 102 valence electrons. The fourth-order valence-corrected chi connectivity index (χ4v) is 1.96. The second-order valence-corrected chi connectivity index (χ2v) is 4.05. The number of nitrogens with one attached hydrogen (secondary N) is 1. The Hall–Kier alpha value is -1.78. The van der Waals surface area contributed by atoms with Crippen LogP contribution in [0.15, 0.2) is 36.4 Å². The van der Waals surface area contributed by atoms with Crippen molar-refractivity contribution in [1.82, 2.24) is 5.32 Å². The highest BCUT2D eigenvalue weighted by molar-refractivity contribution is 5.88. The quantitative estimate of drug-likeness (QED) is 0.878. The maximum Gasteiger partial charge on any atom is 0.255 e. The molecule has 0 aliphatic heterocycles. The van der Waals surface area contributed by atoms with Crippen LogP contribution in [0, 0.1) is 0 Å². The molecule has 4 nitrogen and oxygen atoms in total. The highest BCUT2D eigenvalue weighted by Crippen LogP contribution is 2.27. The van der Waals surface area contributed by atoms with Gasteiger partial charge in [0.15, 0.2) is 6.61 Å². The number of benzene rings is 2. The summed E-state index contributed by atoms with van der Waals surface area (Å²) in [6, 6.07) is 11.9. The Kier molecular flexibility index (Phi) is 5.60. The van der Waals surface area contributed by atoms with Gasteiger partial charge < -0.3 is 15.8 Å². The van der Waals surface area contributed by atoms with E-state index in [4.69, 9.17) is 10.5 Å². The lowest BCUT2D eigenvalue weighted by Crippen LogP contribution is -2.21. The van der Waals surface area contributed by atoms with E-state index < -0.39 is 5.91 Å². The summed E-state index contributed by atoms with van der Waals surface area (Å²) in [5.74, 6) is 0.223. The fraction of sp³-hybridized carbons (Fsp3) is 0.214. The average Bonchev–Trinajstić information content (AvgIpc) is 2.38. The summed E-state index contributed by atoms with van der Waals surface area (Å²) in [6.07, 6.45) is 0. The minimum atomic E-state index is -0.474. The number of ether oxygens (including phenoxy) is 1. The van der Waals surface area contributed by atoms with E-state index >= 15 is 0 Å². The first-order valence-corrected chi connectivity index (χ1v) is 5.78. The maximum absolute atomic E-state index is 10.8. The molecule has 0 aromatic heterocycles. The first-order chi connectivity index (χ1) is 8.72. The molecule has 5 heteroatoms. The van der Waals surface area contributed by atoms with E-state index in [1.165, 1.54) is 0 Å². The van der Waals surface area contributed by atoms with E-state index in [1.807, 2.05) is 43.4 Å². The SMILES string of the molecule is CNCc1c(OCC(N)=O)ccc2ccccc12.Cl. The van der Waals surface area contributed by atoms with Gasteiger partial charge >= 0.3 is 0 Å². The van der Waals surface area contributed by atoms with Crippen LogP contribution in [0.25, 0.3) is 10.8 Å². The molecular weight excluding hydrogens is 264 g/mol. The van der Waals surface area contributed by atoms with Gasteiger partial charge in [-0.25, -0.2) is 0 Å². The van der Waals surface area contributed by atoms with E-state index in [0.717, 1.165) is 16.3 Å². The van der Waals surface area contributed by atoms with Crippen molar-refractivity contribution < 1.29 is 9.53 Å². The third kappa shape index (κ3) is 3.59. The Balaban J connectivity index is 0.00000180. The third-order valence-corrected chi connectivity index (χ3v) is 2.72. The van der Waals surface area contributed by atoms with Gasteiger partial charge in [-0.05, 0) is 23.9 Å². The van der Waals surface area contributed by atoms with Gasteiger partial charge in [-0.1, -0.05) is 30.3 Å². The maximum atomic E-state index is 10.8. The zero-order valence-corrected chi connectivity index (χ0v) is 11.5. The number of rotatable bonds is 5. The summed E-state index contributed by atoms with van der Waals surface area (Å²) in [7, 11) is 1.87. The van der Waals surface area contributed by atoms with E-state index in [2.05, 4.69) is 5.32 Å². The van der Waals surface area contributed by atoms with Crippen LogP contribution in [0.4, 0.5) is 0 Å². The van der Waals surface area contributed by atoms with Crippen LogP contribution in [0.1, 0.15) is 5.56 Å². The normalized spacial score (nSPS) is 9.95. The van der Waals surface area contributed by atoms with E-state index in [9.17, 15) is 4.79 Å². The van der Waals surface area contributed by atoms with Gasteiger partial charge in [-0.15, -0.1) is 12.4 Å². The highest BCUT2D eigenvalue weighted by Gasteiger charge is 2.08. The van der Waals surface area contributed by atoms with Gasteiger partial charge in [0.05, 0.1) is 0 Å². The van der Waals surface area contributed by atoms with Gasteiger partial charge in [-0.3, -0.25) is 4.79 Å². The lowest BCUT2D eigenvalue weighted by molar-refractivity contribution is -0.119. The number of carbonyl (C=O) groups is 1. The topological polar surface area (TPSA) is 64.3 Å². The van der Waals surface area contributed by atoms with Crippen molar-refractivity contribution in [2.75, 3.05) is 13.7 Å². The molecule has 2 aromatic rings. The minimum Gasteiger partial charge on any atom is -0.483 e. The first kappa shape index (κ1) is 15.3. The standard InChI is InChI=1S/C14H16N2O2.ClH/c1-16-8-12-11-5-3-2-4-10(11)6-7-13(12)18-9-14(15)17;/h2-7,16H,8-9H2,1H3,(H2,15,17);1H. The molecule has 0 radical (unpaired) electrons. The summed E-state index contributed by atoms with van der Waals surface area (Å²) in [4.78, 5) is 10.8. The van der Waals surface area contributed by atoms with Gasteiger partial charge in [0, 0.05) is 12.1 Å². The lowest BCUT2D eigenvalue weighted by Gasteiger charge is -2.13. The second-order valence-electron chi connectivity index (χ2n) is 4.05. The molecule has 19 heavy (non-hydrogen) atoms. The molecule has 0 spiro atoms. The fourth-order valence-electron chi connectivity index (χ4n) is 1.96. The Morgan fingerprint density at radius 1 is 1.26 bits per heavy atom. The average molecular weight is 281 g/mol. The molecule has 0 aliphatic rings. The second kappa shape index (κ2) is 6.97. The van der Waals surface area contributed by atoms with E-state index in [1.54, 1.807) is 0 Å². The summed E-state index contributed by atoms with van der Waals surface area (Å²) < 4.78 is 5.44. The Morgan fingerprint density at radius 2 is 2.00 bits per heavy atom. The molecule has 0 fully saturated rings. The summed E-state index contributed by atoms with van der Waals surface area (Å²) in [6.45, 7) is 0.574. The number of nitrogens with two attached hydrogens (primary N) is 1. The van der Waals surface area contributed by atoms with Crippen LogP contribution in [-0.4, -0.2) is 19.6 Å². The molecule has 1 amide bonds. The molecule has 2 aromatic carbocycles. The van der Waals surface area contributed by atoms with Crippen LogP contribution in [0.2, 0.25) is 0 Å². The smallest absolute Gasteiger partial charge is 0.255 e. The predicted molar refractivity (Wildman–Crippen MR) is 78.6 cm³/mol. The molecule has 0 saturated carbocycles. The van der Waals surface area contributed by atoms with Crippen LogP contribution >= 0.6 is 12.4 Å². The number of fused-ring (bicyclic) bond motifs is 1. The first-order valence-electron chi connectivity index (χ1n) is 5.78. The van der Waals surface area contributed by atoms with Gasteiger partial charge in [0.1, 0.15) is 5.75 Å². The molecule has 2 rings (SSSR count). The molecule has 3 N–H and O–H groups in total. The number of halogens is 1. The molecule has 0 heterocycles. The molecule has 0 saturated heterocycles. The predicted octanol–water partition coefficient (Wildman–Crippen LogP) is 1.85. The van der Waals surface area contributed by atoms with E-state index in [-0.39, 0.29) is 19.0 Å². The zero-order chi connectivity index (χ0) is 13.0. The van der Waals surface area contributed by atoms with Gasteiger partial charge in [0.2, 0.25) is 0 Å². The van der Waals surface area contributed by atoms with Crippen molar-refractivity contribution in [3.8, 4) is 5.75 Å². The van der Waals surface area contributed by atoms with Gasteiger partial charge in [-0.2, -0.15) is 0 Å². The number of carbonyl (C=O) groups excluding carboxylic acids is 1. The lowest BCUT2D eigenvalue weighted by atomic mass is 10.0. The summed E-state index contributed by atoms with van der Waals surface area (Å²) in [5.41, 5.74) is 6.14. The number of primary amides is 1. The highest BCUT2D eigenvalue weighted by atomic mass is 35.5.